The van der Waals surface area contributed by atoms with Gasteiger partial charge in [0.05, 0.1) is 17.1 Å². The molecule has 0 fully saturated rings. The van der Waals surface area contributed by atoms with Gasteiger partial charge < -0.3 is 10.2 Å². The van der Waals surface area contributed by atoms with E-state index >= 15 is 0 Å². The van der Waals surface area contributed by atoms with Crippen LogP contribution >= 0.6 is 0 Å². The molecule has 1 rings (SSSR count). The molecule has 0 heterocycles. The SMILES string of the molecule is CC[C@H](CO)NS(=O)(=O)c1cccc(C(=O)O)c1C. The monoisotopic (exact) mass is 287 g/mol. The normalized spacial score (nSPS) is 13.2. The average molecular weight is 287 g/mol. The standard InChI is InChI=1S/C12H17NO5S/c1-3-9(7-14)13-19(17,18)11-6-4-5-10(8(11)2)12(15)16/h4-6,9,13-14H,3,7H2,1-2H3,(H,15,16)/t9-/m1/s1. The van der Waals surface area contributed by atoms with Crippen molar-refractivity contribution in [3.8, 4) is 0 Å². The second-order valence-corrected chi connectivity index (χ2v) is 5.83. The Labute approximate surface area is 112 Å². The number of benzene rings is 1. The van der Waals surface area contributed by atoms with Gasteiger partial charge in [-0.15, -0.1) is 0 Å². The van der Waals surface area contributed by atoms with Gasteiger partial charge in [-0.3, -0.25) is 0 Å². The summed E-state index contributed by atoms with van der Waals surface area (Å²) >= 11 is 0. The number of carboxylic acid groups (broad SMARTS) is 1. The molecule has 0 aliphatic carbocycles. The van der Waals surface area contributed by atoms with Crippen LogP contribution in [0.3, 0.4) is 0 Å². The van der Waals surface area contributed by atoms with E-state index in [9.17, 15) is 13.2 Å². The highest BCUT2D eigenvalue weighted by atomic mass is 32.2. The van der Waals surface area contributed by atoms with Crippen LogP contribution < -0.4 is 4.72 Å². The van der Waals surface area contributed by atoms with E-state index < -0.39 is 22.0 Å². The van der Waals surface area contributed by atoms with Crippen molar-refractivity contribution in [3.63, 3.8) is 0 Å². The minimum absolute atomic E-state index is 0.0556. The lowest BCUT2D eigenvalue weighted by Gasteiger charge is -2.16. The van der Waals surface area contributed by atoms with Crippen LogP contribution in [-0.4, -0.2) is 37.2 Å². The summed E-state index contributed by atoms with van der Waals surface area (Å²) in [5, 5.41) is 18.0. The molecular weight excluding hydrogens is 270 g/mol. The summed E-state index contributed by atoms with van der Waals surface area (Å²) in [5.41, 5.74) is 0.121. The Hall–Kier alpha value is -1.44. The van der Waals surface area contributed by atoms with Crippen LogP contribution in [0.1, 0.15) is 29.3 Å². The third-order valence-electron chi connectivity index (χ3n) is 2.84. The van der Waals surface area contributed by atoms with Gasteiger partial charge in [-0.25, -0.2) is 17.9 Å². The molecule has 0 aromatic heterocycles. The molecular formula is C12H17NO5S. The quantitative estimate of drug-likeness (QED) is 0.716. The maximum Gasteiger partial charge on any atom is 0.335 e. The van der Waals surface area contributed by atoms with E-state index in [0.29, 0.717) is 6.42 Å². The van der Waals surface area contributed by atoms with Gasteiger partial charge in [-0.2, -0.15) is 0 Å². The van der Waals surface area contributed by atoms with Crippen molar-refractivity contribution in [1.82, 2.24) is 4.72 Å². The predicted octanol–water partition coefficient (Wildman–Crippen LogP) is 0.742. The number of aliphatic hydroxyl groups is 1. The Balaban J connectivity index is 3.22. The molecule has 0 radical (unpaired) electrons. The first-order chi connectivity index (χ1) is 8.83. The second-order valence-electron chi connectivity index (χ2n) is 4.14. The van der Waals surface area contributed by atoms with Crippen LogP contribution in [0.2, 0.25) is 0 Å². The van der Waals surface area contributed by atoms with E-state index in [1.165, 1.54) is 25.1 Å². The summed E-state index contributed by atoms with van der Waals surface area (Å²) in [6.07, 6.45) is 0.438. The average Bonchev–Trinajstić information content (AvgIpc) is 2.35. The number of aliphatic hydroxyl groups excluding tert-OH is 1. The molecule has 0 saturated carbocycles. The molecule has 1 atom stereocenters. The molecule has 0 spiro atoms. The van der Waals surface area contributed by atoms with Crippen LogP contribution in [0, 0.1) is 6.92 Å². The Morgan fingerprint density at radius 3 is 2.53 bits per heavy atom. The summed E-state index contributed by atoms with van der Waals surface area (Å²) < 4.78 is 26.6. The molecule has 0 amide bonds. The molecule has 1 aromatic carbocycles. The smallest absolute Gasteiger partial charge is 0.335 e. The summed E-state index contributed by atoms with van der Waals surface area (Å²) in [4.78, 5) is 10.9. The largest absolute Gasteiger partial charge is 0.478 e. The van der Waals surface area contributed by atoms with Crippen LogP contribution in [0.15, 0.2) is 23.1 Å². The second kappa shape index (κ2) is 6.14. The third kappa shape index (κ3) is 3.52. The van der Waals surface area contributed by atoms with Crippen molar-refractivity contribution in [2.45, 2.75) is 31.2 Å². The number of rotatable bonds is 6. The molecule has 6 nitrogen and oxygen atoms in total. The Morgan fingerprint density at radius 1 is 1.42 bits per heavy atom. The molecule has 19 heavy (non-hydrogen) atoms. The van der Waals surface area contributed by atoms with Crippen molar-refractivity contribution in [2.24, 2.45) is 0 Å². The van der Waals surface area contributed by atoms with Gasteiger partial charge >= 0.3 is 5.97 Å². The minimum atomic E-state index is -3.84. The molecule has 0 bridgehead atoms. The van der Waals surface area contributed by atoms with E-state index in [1.54, 1.807) is 6.92 Å². The fourth-order valence-corrected chi connectivity index (χ4v) is 3.25. The number of sulfonamides is 1. The lowest BCUT2D eigenvalue weighted by Crippen LogP contribution is -2.37. The fourth-order valence-electron chi connectivity index (χ4n) is 1.67. The van der Waals surface area contributed by atoms with Crippen LogP contribution in [0.4, 0.5) is 0 Å². The summed E-state index contributed by atoms with van der Waals surface area (Å²) in [6.45, 7) is 2.87. The highest BCUT2D eigenvalue weighted by Gasteiger charge is 2.23. The Bertz CT molecular complexity index is 563. The summed E-state index contributed by atoms with van der Waals surface area (Å²) in [6, 6.07) is 3.48. The molecule has 7 heteroatoms. The molecule has 106 valence electrons. The molecule has 0 unspecified atom stereocenters. The first kappa shape index (κ1) is 15.6. The zero-order chi connectivity index (χ0) is 14.6. The number of carbonyl (C=O) groups is 1. The third-order valence-corrected chi connectivity index (χ3v) is 4.50. The number of aromatic carboxylic acids is 1. The van der Waals surface area contributed by atoms with Crippen molar-refractivity contribution < 1.29 is 23.4 Å². The number of nitrogens with one attached hydrogen (secondary N) is 1. The lowest BCUT2D eigenvalue weighted by molar-refractivity contribution is 0.0696. The van der Waals surface area contributed by atoms with Crippen molar-refractivity contribution >= 4 is 16.0 Å². The van der Waals surface area contributed by atoms with Crippen LogP contribution in [-0.2, 0) is 10.0 Å². The molecule has 1 aromatic rings. The fraction of sp³-hybridized carbons (Fsp3) is 0.417. The minimum Gasteiger partial charge on any atom is -0.478 e. The highest BCUT2D eigenvalue weighted by Crippen LogP contribution is 2.19. The number of hydrogen-bond donors (Lipinski definition) is 3. The van der Waals surface area contributed by atoms with Gasteiger partial charge in [0, 0.05) is 6.04 Å². The number of carboxylic acids is 1. The molecule has 3 N–H and O–H groups in total. The van der Waals surface area contributed by atoms with Crippen molar-refractivity contribution in [1.29, 1.82) is 0 Å². The van der Waals surface area contributed by atoms with E-state index in [2.05, 4.69) is 4.72 Å². The van der Waals surface area contributed by atoms with Gasteiger partial charge in [0.1, 0.15) is 0 Å². The summed E-state index contributed by atoms with van der Waals surface area (Å²) in [5.74, 6) is -1.18. The van der Waals surface area contributed by atoms with Crippen molar-refractivity contribution in [2.75, 3.05) is 6.61 Å². The highest BCUT2D eigenvalue weighted by molar-refractivity contribution is 7.89. The number of hydrogen-bond acceptors (Lipinski definition) is 4. The maximum absolute atomic E-state index is 12.1. The molecule has 0 aliphatic rings. The first-order valence-corrected chi connectivity index (χ1v) is 7.27. The first-order valence-electron chi connectivity index (χ1n) is 5.79. The van der Waals surface area contributed by atoms with Gasteiger partial charge in [-0.1, -0.05) is 13.0 Å². The predicted molar refractivity (Wildman–Crippen MR) is 69.6 cm³/mol. The Morgan fingerprint density at radius 2 is 2.05 bits per heavy atom. The molecule has 0 aliphatic heterocycles. The lowest BCUT2D eigenvalue weighted by atomic mass is 10.1. The topological polar surface area (TPSA) is 104 Å². The summed E-state index contributed by atoms with van der Waals surface area (Å²) in [7, 11) is -3.84. The zero-order valence-electron chi connectivity index (χ0n) is 10.8. The van der Waals surface area contributed by atoms with E-state index in [0.717, 1.165) is 0 Å². The molecule has 0 saturated heterocycles. The van der Waals surface area contributed by atoms with Gasteiger partial charge in [-0.05, 0) is 31.0 Å². The van der Waals surface area contributed by atoms with Crippen molar-refractivity contribution in [3.05, 3.63) is 29.3 Å². The van der Waals surface area contributed by atoms with Gasteiger partial charge in [0.25, 0.3) is 0 Å². The van der Waals surface area contributed by atoms with E-state index in [4.69, 9.17) is 10.2 Å². The van der Waals surface area contributed by atoms with Gasteiger partial charge in [0.2, 0.25) is 10.0 Å². The van der Waals surface area contributed by atoms with Crippen LogP contribution in [0.25, 0.3) is 0 Å². The maximum atomic E-state index is 12.1. The van der Waals surface area contributed by atoms with Gasteiger partial charge in [0.15, 0.2) is 0 Å². The zero-order valence-corrected chi connectivity index (χ0v) is 11.6. The van der Waals surface area contributed by atoms with E-state index in [-0.39, 0.29) is 22.6 Å². The van der Waals surface area contributed by atoms with E-state index in [1.807, 2.05) is 0 Å². The Kier molecular flexibility index (Phi) is 5.04. The van der Waals surface area contributed by atoms with Crippen LogP contribution in [0.5, 0.6) is 0 Å².